The number of alkyl halides is 2. The Morgan fingerprint density at radius 1 is 1.29 bits per heavy atom. The third-order valence-electron chi connectivity index (χ3n) is 3.52. The fourth-order valence-electron chi connectivity index (χ4n) is 1.73. The number of hydrogen-bond donors (Lipinski definition) is 1. The molecule has 4 heteroatoms. The Labute approximate surface area is 111 Å². The predicted octanol–water partition coefficient (Wildman–Crippen LogP) is 3.83. The standard InChI is InChI=1S/C13H15Cl2NO/c1-8-4-5-10(6-9(8)2)16-11(17)12(3)7-13(12,14)15/h4-6H,7H2,1-3H3,(H,16,17). The Morgan fingerprint density at radius 2 is 1.88 bits per heavy atom. The summed E-state index contributed by atoms with van der Waals surface area (Å²) in [4.78, 5) is 12.0. The van der Waals surface area contributed by atoms with Crippen molar-refractivity contribution in [1.29, 1.82) is 0 Å². The summed E-state index contributed by atoms with van der Waals surface area (Å²) in [6.45, 7) is 5.83. The zero-order valence-electron chi connectivity index (χ0n) is 10.1. The molecule has 1 aromatic rings. The highest BCUT2D eigenvalue weighted by atomic mass is 35.5. The van der Waals surface area contributed by atoms with E-state index < -0.39 is 9.75 Å². The van der Waals surface area contributed by atoms with E-state index in [0.29, 0.717) is 6.42 Å². The Kier molecular flexibility index (Phi) is 2.91. The number of hydrogen-bond acceptors (Lipinski definition) is 1. The van der Waals surface area contributed by atoms with Crippen LogP contribution >= 0.6 is 23.2 Å². The molecule has 1 unspecified atom stereocenters. The molecule has 1 aliphatic rings. The summed E-state index contributed by atoms with van der Waals surface area (Å²) in [6.07, 6.45) is 0.500. The predicted molar refractivity (Wildman–Crippen MR) is 71.7 cm³/mol. The van der Waals surface area contributed by atoms with Crippen molar-refractivity contribution in [1.82, 2.24) is 0 Å². The second-order valence-corrected chi connectivity index (χ2v) is 6.45. The van der Waals surface area contributed by atoms with Gasteiger partial charge in [-0.2, -0.15) is 0 Å². The van der Waals surface area contributed by atoms with E-state index in [2.05, 4.69) is 5.32 Å². The van der Waals surface area contributed by atoms with Gasteiger partial charge in [0, 0.05) is 5.69 Å². The van der Waals surface area contributed by atoms with Crippen LogP contribution in [0.15, 0.2) is 18.2 Å². The molecule has 1 amide bonds. The Hall–Kier alpha value is -0.730. The van der Waals surface area contributed by atoms with Gasteiger partial charge >= 0.3 is 0 Å². The highest BCUT2D eigenvalue weighted by molar-refractivity contribution is 6.53. The number of anilines is 1. The van der Waals surface area contributed by atoms with Crippen molar-refractivity contribution in [2.24, 2.45) is 5.41 Å². The molecule has 1 fully saturated rings. The lowest BCUT2D eigenvalue weighted by Crippen LogP contribution is -2.25. The maximum atomic E-state index is 12.0. The summed E-state index contributed by atoms with van der Waals surface area (Å²) in [5.41, 5.74) is 2.46. The highest BCUT2D eigenvalue weighted by Gasteiger charge is 2.67. The Bertz CT molecular complexity index is 484. The van der Waals surface area contributed by atoms with Crippen LogP contribution in [0.1, 0.15) is 24.5 Å². The molecule has 92 valence electrons. The smallest absolute Gasteiger partial charge is 0.233 e. The molecule has 0 saturated heterocycles. The van der Waals surface area contributed by atoms with Crippen LogP contribution in [0.4, 0.5) is 5.69 Å². The van der Waals surface area contributed by atoms with Gasteiger partial charge in [-0.05, 0) is 50.5 Å². The number of rotatable bonds is 2. The molecule has 0 spiro atoms. The normalized spacial score (nSPS) is 25.5. The van der Waals surface area contributed by atoms with Crippen molar-refractivity contribution in [3.8, 4) is 0 Å². The van der Waals surface area contributed by atoms with Gasteiger partial charge in [0.05, 0.1) is 5.41 Å². The first-order chi connectivity index (χ1) is 7.76. The van der Waals surface area contributed by atoms with E-state index in [4.69, 9.17) is 23.2 Å². The number of nitrogens with one attached hydrogen (secondary N) is 1. The lowest BCUT2D eigenvalue weighted by Gasteiger charge is -2.13. The molecule has 0 radical (unpaired) electrons. The minimum Gasteiger partial charge on any atom is -0.326 e. The largest absolute Gasteiger partial charge is 0.326 e. The van der Waals surface area contributed by atoms with Crippen LogP contribution in [0.25, 0.3) is 0 Å². The van der Waals surface area contributed by atoms with Gasteiger partial charge in [0.25, 0.3) is 0 Å². The average Bonchev–Trinajstić information content (AvgIpc) is 2.74. The number of amides is 1. The molecule has 0 heterocycles. The number of halogens is 2. The molecule has 0 bridgehead atoms. The molecule has 17 heavy (non-hydrogen) atoms. The van der Waals surface area contributed by atoms with Gasteiger partial charge in [-0.3, -0.25) is 4.79 Å². The molecule has 2 nitrogen and oxygen atoms in total. The van der Waals surface area contributed by atoms with Crippen molar-refractivity contribution >= 4 is 34.8 Å². The van der Waals surface area contributed by atoms with Gasteiger partial charge < -0.3 is 5.32 Å². The number of aryl methyl sites for hydroxylation is 2. The lowest BCUT2D eigenvalue weighted by molar-refractivity contribution is -0.120. The summed E-state index contributed by atoms with van der Waals surface area (Å²) in [5, 5.41) is 2.86. The summed E-state index contributed by atoms with van der Waals surface area (Å²) >= 11 is 11.9. The monoisotopic (exact) mass is 271 g/mol. The molecule has 0 aliphatic heterocycles. The maximum Gasteiger partial charge on any atom is 0.233 e. The van der Waals surface area contributed by atoms with Gasteiger partial charge in [-0.25, -0.2) is 0 Å². The van der Waals surface area contributed by atoms with Gasteiger partial charge in [0.1, 0.15) is 4.33 Å². The number of carbonyl (C=O) groups is 1. The molecular formula is C13H15Cl2NO. The van der Waals surface area contributed by atoms with E-state index in [1.54, 1.807) is 6.92 Å². The minimum atomic E-state index is -0.920. The zero-order valence-corrected chi connectivity index (χ0v) is 11.6. The van der Waals surface area contributed by atoms with Gasteiger partial charge in [-0.15, -0.1) is 23.2 Å². The van der Waals surface area contributed by atoms with Crippen LogP contribution in [0.5, 0.6) is 0 Å². The van der Waals surface area contributed by atoms with Crippen LogP contribution in [0.2, 0.25) is 0 Å². The Morgan fingerprint density at radius 3 is 2.35 bits per heavy atom. The van der Waals surface area contributed by atoms with Crippen LogP contribution in [-0.2, 0) is 4.79 Å². The second kappa shape index (κ2) is 3.89. The highest BCUT2D eigenvalue weighted by Crippen LogP contribution is 2.64. The maximum absolute atomic E-state index is 12.0. The SMILES string of the molecule is Cc1ccc(NC(=O)C2(C)CC2(Cl)Cl)cc1C. The van der Waals surface area contributed by atoms with Crippen molar-refractivity contribution in [2.45, 2.75) is 31.5 Å². The topological polar surface area (TPSA) is 29.1 Å². The van der Waals surface area contributed by atoms with Crippen molar-refractivity contribution in [3.63, 3.8) is 0 Å². The van der Waals surface area contributed by atoms with E-state index >= 15 is 0 Å². The Balaban J connectivity index is 2.12. The molecule has 2 rings (SSSR count). The molecule has 1 saturated carbocycles. The summed E-state index contributed by atoms with van der Waals surface area (Å²) in [5.74, 6) is -0.120. The molecule has 1 N–H and O–H groups in total. The zero-order chi connectivity index (χ0) is 12.8. The van der Waals surface area contributed by atoms with E-state index in [1.807, 2.05) is 32.0 Å². The quantitative estimate of drug-likeness (QED) is 0.814. The fraction of sp³-hybridized carbons (Fsp3) is 0.462. The molecule has 0 aromatic heterocycles. The first kappa shape index (κ1) is 12.7. The molecule has 1 atom stereocenters. The summed E-state index contributed by atoms with van der Waals surface area (Å²) in [7, 11) is 0. The van der Waals surface area contributed by atoms with Gasteiger partial charge in [0.2, 0.25) is 5.91 Å². The van der Waals surface area contributed by atoms with Crippen LogP contribution in [-0.4, -0.2) is 10.2 Å². The summed E-state index contributed by atoms with van der Waals surface area (Å²) < 4.78 is -0.920. The second-order valence-electron chi connectivity index (χ2n) is 4.97. The third-order valence-corrected chi connectivity index (χ3v) is 4.63. The van der Waals surface area contributed by atoms with Crippen molar-refractivity contribution in [2.75, 3.05) is 5.32 Å². The van der Waals surface area contributed by atoms with E-state index in [9.17, 15) is 4.79 Å². The van der Waals surface area contributed by atoms with Crippen LogP contribution in [0.3, 0.4) is 0 Å². The number of carbonyl (C=O) groups excluding carboxylic acids is 1. The average molecular weight is 272 g/mol. The van der Waals surface area contributed by atoms with Crippen LogP contribution in [0, 0.1) is 19.3 Å². The lowest BCUT2D eigenvalue weighted by atomic mass is 10.1. The van der Waals surface area contributed by atoms with Gasteiger partial charge in [-0.1, -0.05) is 6.07 Å². The first-order valence-electron chi connectivity index (χ1n) is 5.53. The number of benzene rings is 1. The fourth-order valence-corrected chi connectivity index (χ4v) is 2.44. The van der Waals surface area contributed by atoms with Gasteiger partial charge in [0.15, 0.2) is 0 Å². The minimum absolute atomic E-state index is 0.120. The van der Waals surface area contributed by atoms with Crippen LogP contribution < -0.4 is 5.32 Å². The first-order valence-corrected chi connectivity index (χ1v) is 6.28. The van der Waals surface area contributed by atoms with E-state index in [0.717, 1.165) is 11.3 Å². The summed E-state index contributed by atoms with van der Waals surface area (Å²) in [6, 6.07) is 5.81. The van der Waals surface area contributed by atoms with E-state index in [-0.39, 0.29) is 5.91 Å². The molecule has 1 aromatic carbocycles. The molecular weight excluding hydrogens is 257 g/mol. The van der Waals surface area contributed by atoms with Crippen molar-refractivity contribution in [3.05, 3.63) is 29.3 Å². The van der Waals surface area contributed by atoms with E-state index in [1.165, 1.54) is 5.56 Å². The molecule has 1 aliphatic carbocycles. The third kappa shape index (κ3) is 2.16. The van der Waals surface area contributed by atoms with Crippen molar-refractivity contribution < 1.29 is 4.79 Å².